The van der Waals surface area contributed by atoms with Crippen LogP contribution in [0.5, 0.6) is 0 Å². The van der Waals surface area contributed by atoms with Gasteiger partial charge in [0.25, 0.3) is 5.56 Å². The van der Waals surface area contributed by atoms with Crippen LogP contribution >= 0.6 is 11.6 Å². The lowest BCUT2D eigenvalue weighted by Crippen LogP contribution is -2.47. The van der Waals surface area contributed by atoms with Crippen LogP contribution in [0, 0.1) is 19.8 Å². The summed E-state index contributed by atoms with van der Waals surface area (Å²) in [6.07, 6.45) is 5.71. The Morgan fingerprint density at radius 1 is 1.12 bits per heavy atom. The highest BCUT2D eigenvalue weighted by atomic mass is 35.5. The van der Waals surface area contributed by atoms with Crippen molar-refractivity contribution in [1.29, 1.82) is 0 Å². The van der Waals surface area contributed by atoms with Gasteiger partial charge in [-0.1, -0.05) is 11.6 Å². The number of hydrogen-bond acceptors (Lipinski definition) is 6. The second kappa shape index (κ2) is 6.87. The molecule has 1 aliphatic carbocycles. The first kappa shape index (κ1) is 17.3. The highest BCUT2D eigenvalue weighted by molar-refractivity contribution is 6.33. The summed E-state index contributed by atoms with van der Waals surface area (Å²) in [4.78, 5) is 25.6. The molecule has 0 bridgehead atoms. The van der Waals surface area contributed by atoms with E-state index in [1.165, 1.54) is 17.5 Å². The molecule has 7 nitrogen and oxygen atoms in total. The van der Waals surface area contributed by atoms with Crippen molar-refractivity contribution in [1.82, 2.24) is 19.7 Å². The van der Waals surface area contributed by atoms with Gasteiger partial charge in [-0.2, -0.15) is 5.10 Å². The van der Waals surface area contributed by atoms with Gasteiger partial charge in [0.2, 0.25) is 0 Å². The van der Waals surface area contributed by atoms with Crippen LogP contribution in [-0.2, 0) is 6.54 Å². The second-order valence-electron chi connectivity index (χ2n) is 7.16. The third kappa shape index (κ3) is 3.28. The zero-order valence-electron chi connectivity index (χ0n) is 15.2. The van der Waals surface area contributed by atoms with E-state index in [9.17, 15) is 4.79 Å². The summed E-state index contributed by atoms with van der Waals surface area (Å²) in [6, 6.07) is 0. The molecule has 0 radical (unpaired) electrons. The zero-order valence-corrected chi connectivity index (χ0v) is 15.9. The van der Waals surface area contributed by atoms with Gasteiger partial charge in [-0.05, 0) is 32.6 Å². The van der Waals surface area contributed by atoms with Crippen molar-refractivity contribution >= 4 is 23.1 Å². The number of aromatic nitrogens is 4. The first-order chi connectivity index (χ1) is 12.5. The summed E-state index contributed by atoms with van der Waals surface area (Å²) in [5.74, 6) is 1.58. The lowest BCUT2D eigenvalue weighted by atomic mass is 10.2. The number of aryl methyl sites for hydroxylation is 1. The Hall–Kier alpha value is -2.15. The molecular formula is C18H23ClN6O. The number of hydrogen-bond donors (Lipinski definition) is 0. The molecule has 1 aliphatic heterocycles. The van der Waals surface area contributed by atoms with Gasteiger partial charge in [-0.25, -0.2) is 14.6 Å². The van der Waals surface area contributed by atoms with Crippen LogP contribution in [0.15, 0.2) is 17.3 Å². The highest BCUT2D eigenvalue weighted by Gasteiger charge is 2.26. The van der Waals surface area contributed by atoms with Crippen LogP contribution < -0.4 is 15.4 Å². The molecule has 0 atom stereocenters. The molecule has 8 heteroatoms. The molecule has 2 fully saturated rings. The van der Waals surface area contributed by atoms with Crippen LogP contribution in [0.4, 0.5) is 11.5 Å². The van der Waals surface area contributed by atoms with Gasteiger partial charge in [0.05, 0.1) is 11.9 Å². The summed E-state index contributed by atoms with van der Waals surface area (Å²) in [5.41, 5.74) is 2.67. The summed E-state index contributed by atoms with van der Waals surface area (Å²) >= 11 is 6.39. The molecule has 0 aromatic carbocycles. The Kier molecular flexibility index (Phi) is 4.56. The summed E-state index contributed by atoms with van der Waals surface area (Å²) in [7, 11) is 0. The molecule has 0 spiro atoms. The quantitative estimate of drug-likeness (QED) is 0.815. The molecule has 138 valence electrons. The molecule has 4 rings (SSSR count). The normalized spacial score (nSPS) is 17.7. The Balaban J connectivity index is 1.48. The maximum absolute atomic E-state index is 12.5. The lowest BCUT2D eigenvalue weighted by Gasteiger charge is -2.37. The van der Waals surface area contributed by atoms with E-state index < -0.39 is 0 Å². The summed E-state index contributed by atoms with van der Waals surface area (Å²) in [5, 5.41) is 4.62. The van der Waals surface area contributed by atoms with Crippen molar-refractivity contribution in [3.8, 4) is 0 Å². The monoisotopic (exact) mass is 374 g/mol. The van der Waals surface area contributed by atoms with E-state index in [0.717, 1.165) is 48.9 Å². The average molecular weight is 375 g/mol. The van der Waals surface area contributed by atoms with Crippen LogP contribution in [0.3, 0.4) is 0 Å². The SMILES string of the molecule is Cc1ncnc(N2CCN(c3cnn(CC4CC4)c(=O)c3Cl)CC2)c1C. The fraction of sp³-hybridized carbons (Fsp3) is 0.556. The Labute approximate surface area is 157 Å². The molecule has 2 aliphatic rings. The Bertz CT molecular complexity index is 870. The van der Waals surface area contributed by atoms with E-state index >= 15 is 0 Å². The van der Waals surface area contributed by atoms with Gasteiger partial charge in [0.1, 0.15) is 17.2 Å². The predicted molar refractivity (Wildman–Crippen MR) is 102 cm³/mol. The van der Waals surface area contributed by atoms with E-state index in [1.54, 1.807) is 12.5 Å². The summed E-state index contributed by atoms with van der Waals surface area (Å²) < 4.78 is 1.51. The van der Waals surface area contributed by atoms with Gasteiger partial charge in [-0.15, -0.1) is 0 Å². The van der Waals surface area contributed by atoms with E-state index in [-0.39, 0.29) is 10.6 Å². The minimum atomic E-state index is -0.180. The van der Waals surface area contributed by atoms with Crippen LogP contribution in [0.1, 0.15) is 24.1 Å². The molecule has 1 saturated heterocycles. The standard InChI is InChI=1S/C18H23ClN6O/c1-12-13(2)20-11-21-17(12)24-7-5-23(6-8-24)15-9-22-25(10-14-3-4-14)18(26)16(15)19/h9,11,14H,3-8,10H2,1-2H3. The van der Waals surface area contributed by atoms with Crippen molar-refractivity contribution < 1.29 is 0 Å². The Morgan fingerprint density at radius 3 is 2.50 bits per heavy atom. The predicted octanol–water partition coefficient (Wildman–Crippen LogP) is 2.04. The van der Waals surface area contributed by atoms with Crippen LogP contribution in [-0.4, -0.2) is 45.9 Å². The van der Waals surface area contributed by atoms with E-state index in [2.05, 4.69) is 31.8 Å². The molecule has 2 aromatic rings. The van der Waals surface area contributed by atoms with Gasteiger partial charge >= 0.3 is 0 Å². The zero-order chi connectivity index (χ0) is 18.3. The first-order valence-electron chi connectivity index (χ1n) is 9.08. The van der Waals surface area contributed by atoms with Crippen molar-refractivity contribution in [2.45, 2.75) is 33.2 Å². The Morgan fingerprint density at radius 2 is 1.81 bits per heavy atom. The van der Waals surface area contributed by atoms with Crippen molar-refractivity contribution in [3.63, 3.8) is 0 Å². The molecule has 0 unspecified atom stereocenters. The largest absolute Gasteiger partial charge is 0.365 e. The molecule has 26 heavy (non-hydrogen) atoms. The van der Waals surface area contributed by atoms with E-state index in [1.807, 2.05) is 6.92 Å². The summed E-state index contributed by atoms with van der Waals surface area (Å²) in [6.45, 7) is 7.92. The average Bonchev–Trinajstić information content (AvgIpc) is 3.46. The molecule has 2 aromatic heterocycles. The topological polar surface area (TPSA) is 67.2 Å². The number of rotatable bonds is 4. The molecule has 0 N–H and O–H groups in total. The second-order valence-corrected chi connectivity index (χ2v) is 7.53. The van der Waals surface area contributed by atoms with Crippen molar-refractivity contribution in [2.75, 3.05) is 36.0 Å². The molecule has 0 amide bonds. The maximum atomic E-state index is 12.5. The van der Waals surface area contributed by atoms with Gasteiger partial charge in [0, 0.05) is 44.0 Å². The number of anilines is 2. The van der Waals surface area contributed by atoms with Gasteiger partial charge < -0.3 is 9.80 Å². The minimum Gasteiger partial charge on any atom is -0.365 e. The van der Waals surface area contributed by atoms with Gasteiger partial charge in [-0.3, -0.25) is 4.79 Å². The maximum Gasteiger partial charge on any atom is 0.287 e. The van der Waals surface area contributed by atoms with Gasteiger partial charge in [0.15, 0.2) is 0 Å². The molecule has 1 saturated carbocycles. The fourth-order valence-electron chi connectivity index (χ4n) is 3.36. The van der Waals surface area contributed by atoms with Crippen molar-refractivity contribution in [3.05, 3.63) is 39.2 Å². The third-order valence-electron chi connectivity index (χ3n) is 5.32. The number of halogens is 1. The smallest absolute Gasteiger partial charge is 0.287 e. The van der Waals surface area contributed by atoms with Crippen molar-refractivity contribution in [2.24, 2.45) is 5.92 Å². The van der Waals surface area contributed by atoms with E-state index in [0.29, 0.717) is 12.5 Å². The fourth-order valence-corrected chi connectivity index (χ4v) is 3.62. The van der Waals surface area contributed by atoms with Crippen LogP contribution in [0.2, 0.25) is 5.02 Å². The minimum absolute atomic E-state index is 0.180. The van der Waals surface area contributed by atoms with E-state index in [4.69, 9.17) is 11.6 Å². The third-order valence-corrected chi connectivity index (χ3v) is 5.68. The molecular weight excluding hydrogens is 352 g/mol. The van der Waals surface area contributed by atoms with Crippen LogP contribution in [0.25, 0.3) is 0 Å². The number of piperazine rings is 1. The number of nitrogens with zero attached hydrogens (tertiary/aromatic N) is 6. The first-order valence-corrected chi connectivity index (χ1v) is 9.46. The molecule has 3 heterocycles. The lowest BCUT2D eigenvalue weighted by molar-refractivity contribution is 0.531. The highest BCUT2D eigenvalue weighted by Crippen LogP contribution is 2.30.